The molecule has 0 fully saturated rings. The topological polar surface area (TPSA) is 441 Å². The number of rotatable bonds is 0. The van der Waals surface area contributed by atoms with Gasteiger partial charge in [-0.2, -0.15) is 0 Å². The summed E-state index contributed by atoms with van der Waals surface area (Å²) >= 11 is 0. The first-order chi connectivity index (χ1) is 0. The zero-order valence-corrected chi connectivity index (χ0v) is 16.2. The Hall–Kier alpha value is 2.36. The van der Waals surface area contributed by atoms with Gasteiger partial charge in [-0.1, -0.05) is 0 Å². The average molecular weight is 507 g/mol. The second-order valence-electron chi connectivity index (χ2n) is 0. The molecule has 0 saturated heterocycles. The molecule has 0 unspecified atom stereocenters. The molecule has 0 rings (SSSR count). The van der Waals surface area contributed by atoms with Gasteiger partial charge < -0.3 is 76.7 Å². The SMILES string of the molecule is O.O.O.O.O.O.O.O.O.O.O.O.O.O.[V].[V].[V].[V].[V]. The van der Waals surface area contributed by atoms with E-state index >= 15 is 0 Å². The molecule has 137 valence electrons. The molecule has 0 heterocycles. The van der Waals surface area contributed by atoms with Crippen molar-refractivity contribution in [2.45, 2.75) is 0 Å². The van der Waals surface area contributed by atoms with Crippen molar-refractivity contribution in [1.29, 1.82) is 0 Å². The smallest absolute Gasteiger partial charge is 0 e. The van der Waals surface area contributed by atoms with Crippen LogP contribution >= 0.6 is 0 Å². The van der Waals surface area contributed by atoms with Gasteiger partial charge in [0.1, 0.15) is 0 Å². The summed E-state index contributed by atoms with van der Waals surface area (Å²) < 4.78 is 0. The van der Waals surface area contributed by atoms with Crippen LogP contribution in [-0.4, -0.2) is 76.7 Å². The minimum absolute atomic E-state index is 0. The van der Waals surface area contributed by atoms with Gasteiger partial charge >= 0.3 is 0 Å². The van der Waals surface area contributed by atoms with E-state index in [1.54, 1.807) is 0 Å². The van der Waals surface area contributed by atoms with Crippen molar-refractivity contribution in [3.63, 3.8) is 0 Å². The first-order valence-corrected chi connectivity index (χ1v) is 0. The Balaban J connectivity index is 0. The molecule has 0 bridgehead atoms. The van der Waals surface area contributed by atoms with E-state index in [2.05, 4.69) is 0 Å². The monoisotopic (exact) mass is 507 g/mol. The molecule has 0 aromatic heterocycles. The first-order valence-electron chi connectivity index (χ1n) is 0. The van der Waals surface area contributed by atoms with Crippen molar-refractivity contribution < 1.29 is 169 Å². The van der Waals surface area contributed by atoms with Crippen LogP contribution in [0.3, 0.4) is 0 Å². The minimum atomic E-state index is 0. The molecule has 0 amide bonds. The van der Waals surface area contributed by atoms with Crippen LogP contribution in [0.4, 0.5) is 0 Å². The summed E-state index contributed by atoms with van der Waals surface area (Å²) in [5.74, 6) is 0. The van der Waals surface area contributed by atoms with Gasteiger partial charge in [-0.25, -0.2) is 0 Å². The second kappa shape index (κ2) is 1370. The van der Waals surface area contributed by atoms with Crippen molar-refractivity contribution in [3.05, 3.63) is 0 Å². The molecule has 28 N–H and O–H groups in total. The van der Waals surface area contributed by atoms with Crippen LogP contribution in [-0.2, 0) is 92.8 Å². The Bertz CT molecular complexity index is 15.8. The fourth-order valence-electron chi connectivity index (χ4n) is 0. The molecule has 0 atom stereocenters. The molecule has 0 aliphatic rings. The molecule has 19 heteroatoms. The van der Waals surface area contributed by atoms with E-state index in [0.29, 0.717) is 0 Å². The third-order valence-electron chi connectivity index (χ3n) is 0. The maximum Gasteiger partial charge on any atom is 0 e. The molecular formula is H28O14V5. The first kappa shape index (κ1) is 1590. The van der Waals surface area contributed by atoms with Crippen LogP contribution in [0.2, 0.25) is 0 Å². The van der Waals surface area contributed by atoms with Gasteiger partial charge in [-0.15, -0.1) is 0 Å². The van der Waals surface area contributed by atoms with Crippen LogP contribution in [0.5, 0.6) is 0 Å². The molecule has 0 aromatic carbocycles. The van der Waals surface area contributed by atoms with E-state index in [0.717, 1.165) is 0 Å². The molecule has 0 aromatic rings. The third kappa shape index (κ3) is 1230. The molecule has 0 aliphatic carbocycles. The normalized spacial score (nSPS) is 0. The summed E-state index contributed by atoms with van der Waals surface area (Å²) in [5, 5.41) is 0. The van der Waals surface area contributed by atoms with E-state index in [-0.39, 0.29) is 169 Å². The quantitative estimate of drug-likeness (QED) is 0.295. The Labute approximate surface area is 168 Å². The van der Waals surface area contributed by atoms with E-state index in [9.17, 15) is 0 Å². The fraction of sp³-hybridized carbons (Fsp3) is 0. The fourth-order valence-corrected chi connectivity index (χ4v) is 0. The van der Waals surface area contributed by atoms with E-state index < -0.39 is 0 Å². The van der Waals surface area contributed by atoms with Gasteiger partial charge in [0.25, 0.3) is 0 Å². The van der Waals surface area contributed by atoms with Crippen molar-refractivity contribution in [2.75, 3.05) is 0 Å². The zero-order chi connectivity index (χ0) is 0. The van der Waals surface area contributed by atoms with E-state index in [1.807, 2.05) is 0 Å². The van der Waals surface area contributed by atoms with Gasteiger partial charge in [0, 0.05) is 92.8 Å². The van der Waals surface area contributed by atoms with Crippen molar-refractivity contribution in [2.24, 2.45) is 0 Å². The predicted molar refractivity (Wildman–Crippen MR) is 50.6 cm³/mol. The molecule has 5 radical (unpaired) electrons. The van der Waals surface area contributed by atoms with Crippen LogP contribution in [0.1, 0.15) is 0 Å². The summed E-state index contributed by atoms with van der Waals surface area (Å²) in [6.45, 7) is 0. The number of hydrogen-bond donors (Lipinski definition) is 0. The van der Waals surface area contributed by atoms with Crippen molar-refractivity contribution in [1.82, 2.24) is 0 Å². The Morgan fingerprint density at radius 3 is 0.105 bits per heavy atom. The molecular weight excluding hydrogens is 479 g/mol. The van der Waals surface area contributed by atoms with Gasteiger partial charge in [-0.3, -0.25) is 0 Å². The van der Waals surface area contributed by atoms with E-state index in [4.69, 9.17) is 0 Å². The van der Waals surface area contributed by atoms with Gasteiger partial charge in [0.05, 0.1) is 0 Å². The maximum absolute atomic E-state index is 0. The van der Waals surface area contributed by atoms with Crippen molar-refractivity contribution in [3.8, 4) is 0 Å². The summed E-state index contributed by atoms with van der Waals surface area (Å²) in [7, 11) is 0. The Kier molecular flexibility index (Phi) is 114000. The molecule has 0 aliphatic heterocycles. The van der Waals surface area contributed by atoms with Gasteiger partial charge in [0.2, 0.25) is 0 Å². The van der Waals surface area contributed by atoms with Crippen LogP contribution in [0.25, 0.3) is 0 Å². The van der Waals surface area contributed by atoms with Gasteiger partial charge in [0.15, 0.2) is 0 Å². The molecule has 19 heavy (non-hydrogen) atoms. The summed E-state index contributed by atoms with van der Waals surface area (Å²) in [6, 6.07) is 0. The molecule has 0 saturated carbocycles. The second-order valence-corrected chi connectivity index (χ2v) is 0. The Morgan fingerprint density at radius 2 is 0.105 bits per heavy atom. The standard InChI is InChI=1S/14H2O.5V/h14*1H2;;;;;. The summed E-state index contributed by atoms with van der Waals surface area (Å²) in [4.78, 5) is 0. The average Bonchev–Trinajstić information content (AvgIpc) is 0. The third-order valence-corrected chi connectivity index (χ3v) is 0. The minimum Gasteiger partial charge on any atom is -0.412 e. The summed E-state index contributed by atoms with van der Waals surface area (Å²) in [5.41, 5.74) is 0. The molecule has 0 spiro atoms. The summed E-state index contributed by atoms with van der Waals surface area (Å²) in [6.07, 6.45) is 0. The largest absolute Gasteiger partial charge is 0.412 e. The predicted octanol–water partition coefficient (Wildman–Crippen LogP) is -11.6. The number of hydrogen-bond acceptors (Lipinski definition) is 0. The van der Waals surface area contributed by atoms with Crippen molar-refractivity contribution >= 4 is 0 Å². The van der Waals surface area contributed by atoms with E-state index in [1.165, 1.54) is 0 Å². The van der Waals surface area contributed by atoms with Crippen LogP contribution in [0.15, 0.2) is 0 Å². The molecule has 14 nitrogen and oxygen atoms in total. The maximum atomic E-state index is 0. The Morgan fingerprint density at radius 1 is 0.105 bits per heavy atom. The van der Waals surface area contributed by atoms with Crippen LogP contribution in [0, 0.1) is 0 Å². The zero-order valence-electron chi connectivity index (χ0n) is 9.24. The van der Waals surface area contributed by atoms with Gasteiger partial charge in [-0.05, 0) is 0 Å². The van der Waals surface area contributed by atoms with Crippen LogP contribution < -0.4 is 0 Å².